The van der Waals surface area contributed by atoms with Gasteiger partial charge in [-0.3, -0.25) is 4.99 Å². The number of fused-ring (bicyclic) bond motifs is 3. The number of hydrogen-bond acceptors (Lipinski definition) is 8. The largest absolute Gasteiger partial charge is 0.496 e. The second-order valence-corrected chi connectivity index (χ2v) is 11.0. The van der Waals surface area contributed by atoms with Crippen molar-refractivity contribution < 1.29 is 9.26 Å². The summed E-state index contributed by atoms with van der Waals surface area (Å²) in [5.74, 6) is 4.03. The molecule has 0 bridgehead atoms. The standard InChI is InChI=1S/C30H38N8O2/c1-6-38-11-9-20(10-12-38)34-26(15-23(31)19-7-8-19)36-30-28-21-14-25(39-5)22(27-16(2)37-40-17(27)3)13-24(21)35-29(28)32-18(4)33-30/h13-15,19-20H,6-12,31H2,1-5H3,(H2,32,33,34,35,36). The molecule has 40 heavy (non-hydrogen) atoms. The Kier molecular flexibility index (Phi) is 6.95. The molecule has 6 rings (SSSR count). The summed E-state index contributed by atoms with van der Waals surface area (Å²) in [6, 6.07) is 4.35. The third-order valence-electron chi connectivity index (χ3n) is 8.11. The maximum atomic E-state index is 6.48. The van der Waals surface area contributed by atoms with Crippen LogP contribution < -0.4 is 15.8 Å². The van der Waals surface area contributed by atoms with Crippen molar-refractivity contribution in [2.24, 2.45) is 16.6 Å². The van der Waals surface area contributed by atoms with Gasteiger partial charge in [0.25, 0.3) is 0 Å². The fourth-order valence-electron chi connectivity index (χ4n) is 5.74. The van der Waals surface area contributed by atoms with Crippen molar-refractivity contribution in [1.29, 1.82) is 0 Å². The lowest BCUT2D eigenvalue weighted by molar-refractivity contribution is 0.224. The van der Waals surface area contributed by atoms with Gasteiger partial charge in [0.05, 0.1) is 29.8 Å². The molecule has 3 aromatic heterocycles. The van der Waals surface area contributed by atoms with Gasteiger partial charge in [0.15, 0.2) is 0 Å². The Morgan fingerprint density at radius 3 is 2.62 bits per heavy atom. The minimum atomic E-state index is 0.243. The van der Waals surface area contributed by atoms with Crippen LogP contribution in [-0.2, 0) is 0 Å². The Bertz CT molecular complexity index is 1600. The highest BCUT2D eigenvalue weighted by molar-refractivity contribution is 6.16. The summed E-state index contributed by atoms with van der Waals surface area (Å²) in [7, 11) is 1.68. The van der Waals surface area contributed by atoms with Crippen LogP contribution in [0.25, 0.3) is 33.1 Å². The van der Waals surface area contributed by atoms with E-state index in [-0.39, 0.29) is 6.04 Å². The summed E-state index contributed by atoms with van der Waals surface area (Å²) < 4.78 is 11.3. The fourth-order valence-corrected chi connectivity index (χ4v) is 5.74. The van der Waals surface area contributed by atoms with Crippen LogP contribution in [0.4, 0.5) is 5.82 Å². The van der Waals surface area contributed by atoms with Crippen LogP contribution in [0, 0.1) is 26.7 Å². The van der Waals surface area contributed by atoms with Gasteiger partial charge < -0.3 is 30.2 Å². The van der Waals surface area contributed by atoms with E-state index in [4.69, 9.17) is 30.0 Å². The highest BCUT2D eigenvalue weighted by atomic mass is 16.5. The number of piperidine rings is 1. The highest BCUT2D eigenvalue weighted by Crippen LogP contribution is 2.41. The van der Waals surface area contributed by atoms with E-state index in [2.05, 4.69) is 33.3 Å². The van der Waals surface area contributed by atoms with Crippen LogP contribution >= 0.6 is 0 Å². The molecule has 1 aliphatic carbocycles. The maximum Gasteiger partial charge on any atom is 0.145 e. The highest BCUT2D eigenvalue weighted by Gasteiger charge is 2.26. The number of ether oxygens (including phenoxy) is 1. The topological polar surface area (TPSA) is 130 Å². The molecule has 4 N–H and O–H groups in total. The number of H-pyrrole nitrogens is 1. The second-order valence-electron chi connectivity index (χ2n) is 11.0. The van der Waals surface area contributed by atoms with Crippen LogP contribution in [0.2, 0.25) is 0 Å². The molecule has 1 aliphatic heterocycles. The summed E-state index contributed by atoms with van der Waals surface area (Å²) in [6.45, 7) is 11.2. The Balaban J connectivity index is 1.45. The van der Waals surface area contributed by atoms with Crippen molar-refractivity contribution in [1.82, 2.24) is 25.0 Å². The van der Waals surface area contributed by atoms with Crippen LogP contribution in [0.15, 0.2) is 33.4 Å². The molecule has 2 aliphatic rings. The van der Waals surface area contributed by atoms with E-state index in [0.717, 1.165) is 107 Å². The van der Waals surface area contributed by atoms with E-state index in [1.807, 2.05) is 32.9 Å². The number of aromatic nitrogens is 4. The summed E-state index contributed by atoms with van der Waals surface area (Å²) >= 11 is 0. The van der Waals surface area contributed by atoms with Gasteiger partial charge in [-0.2, -0.15) is 0 Å². The van der Waals surface area contributed by atoms with Gasteiger partial charge in [-0.15, -0.1) is 0 Å². The average molecular weight is 543 g/mol. The normalized spacial score (nSPS) is 17.7. The van der Waals surface area contributed by atoms with Crippen LogP contribution in [0.1, 0.15) is 49.9 Å². The number of allylic oxidation sites excluding steroid dienone is 1. The number of rotatable bonds is 7. The smallest absolute Gasteiger partial charge is 0.145 e. The third kappa shape index (κ3) is 5.03. The number of anilines is 1. The van der Waals surface area contributed by atoms with Gasteiger partial charge in [-0.05, 0) is 77.1 Å². The number of aromatic amines is 1. The molecule has 0 amide bonds. The van der Waals surface area contributed by atoms with Crippen LogP contribution in [-0.4, -0.2) is 63.6 Å². The summed E-state index contributed by atoms with van der Waals surface area (Å²) in [6.07, 6.45) is 6.35. The molecule has 2 fully saturated rings. The quantitative estimate of drug-likeness (QED) is 0.213. The predicted molar refractivity (Wildman–Crippen MR) is 159 cm³/mol. The first-order chi connectivity index (χ1) is 19.3. The molecule has 4 heterocycles. The summed E-state index contributed by atoms with van der Waals surface area (Å²) in [5, 5.41) is 9.55. The monoisotopic (exact) mass is 542 g/mol. The van der Waals surface area contributed by atoms with Crippen molar-refractivity contribution >= 4 is 33.6 Å². The SMILES string of the molecule is CCN1CCC(N=C(C=C(N)C2CC2)Nc2nc(C)nc3[nH]c4cc(-c5c(C)noc5C)c(OC)cc4c23)CC1. The molecule has 210 valence electrons. The molecule has 10 nitrogen and oxygen atoms in total. The van der Waals surface area contributed by atoms with Gasteiger partial charge in [0, 0.05) is 35.3 Å². The number of aliphatic imine (C=N–C) groups is 1. The molecule has 0 atom stereocenters. The number of nitrogens with one attached hydrogen (secondary N) is 2. The van der Waals surface area contributed by atoms with Gasteiger partial charge in [-0.1, -0.05) is 12.1 Å². The number of hydrogen-bond donors (Lipinski definition) is 3. The molecule has 1 saturated carbocycles. The van der Waals surface area contributed by atoms with Crippen LogP contribution in [0.5, 0.6) is 5.75 Å². The number of benzene rings is 1. The molecular weight excluding hydrogens is 504 g/mol. The van der Waals surface area contributed by atoms with Crippen molar-refractivity contribution in [2.75, 3.05) is 32.1 Å². The van der Waals surface area contributed by atoms with Crippen molar-refractivity contribution in [3.63, 3.8) is 0 Å². The summed E-state index contributed by atoms with van der Waals surface area (Å²) in [5.41, 5.74) is 11.7. The van der Waals surface area contributed by atoms with Gasteiger partial charge >= 0.3 is 0 Å². The minimum Gasteiger partial charge on any atom is -0.496 e. The number of methoxy groups -OCH3 is 1. The lowest BCUT2D eigenvalue weighted by Gasteiger charge is -2.29. The Morgan fingerprint density at radius 2 is 1.98 bits per heavy atom. The molecule has 0 spiro atoms. The Hall–Kier alpha value is -3.92. The number of nitrogens with zero attached hydrogens (tertiary/aromatic N) is 5. The minimum absolute atomic E-state index is 0.243. The van der Waals surface area contributed by atoms with Crippen molar-refractivity contribution in [3.8, 4) is 16.9 Å². The van der Waals surface area contributed by atoms with Crippen molar-refractivity contribution in [3.05, 3.63) is 41.2 Å². The van der Waals surface area contributed by atoms with E-state index in [1.165, 1.54) is 0 Å². The zero-order valence-corrected chi connectivity index (χ0v) is 24.0. The molecule has 4 aromatic rings. The van der Waals surface area contributed by atoms with Gasteiger partial charge in [0.1, 0.15) is 34.6 Å². The molecule has 1 saturated heterocycles. The maximum absolute atomic E-state index is 6.48. The lowest BCUT2D eigenvalue weighted by atomic mass is 10.0. The average Bonchev–Trinajstić information content (AvgIpc) is 3.66. The van der Waals surface area contributed by atoms with Gasteiger partial charge in [-0.25, -0.2) is 9.97 Å². The molecule has 10 heteroatoms. The molecule has 0 unspecified atom stereocenters. The number of amidine groups is 1. The van der Waals surface area contributed by atoms with E-state index in [9.17, 15) is 0 Å². The predicted octanol–water partition coefficient (Wildman–Crippen LogP) is 5.25. The van der Waals surface area contributed by atoms with E-state index in [1.54, 1.807) is 7.11 Å². The fraction of sp³-hybridized carbons (Fsp3) is 0.467. The summed E-state index contributed by atoms with van der Waals surface area (Å²) in [4.78, 5) is 20.7. The zero-order chi connectivity index (χ0) is 28.0. The van der Waals surface area contributed by atoms with E-state index >= 15 is 0 Å². The Morgan fingerprint density at radius 1 is 1.20 bits per heavy atom. The number of nitrogens with two attached hydrogens (primary N) is 1. The first-order valence-electron chi connectivity index (χ1n) is 14.2. The van der Waals surface area contributed by atoms with Crippen LogP contribution in [0.3, 0.4) is 0 Å². The molecule has 1 aromatic carbocycles. The first kappa shape index (κ1) is 26.3. The first-order valence-corrected chi connectivity index (χ1v) is 14.2. The second kappa shape index (κ2) is 10.6. The Labute approximate surface area is 234 Å². The third-order valence-corrected chi connectivity index (χ3v) is 8.11. The van der Waals surface area contributed by atoms with Gasteiger partial charge in [0.2, 0.25) is 0 Å². The van der Waals surface area contributed by atoms with E-state index in [0.29, 0.717) is 17.6 Å². The van der Waals surface area contributed by atoms with Crippen molar-refractivity contribution in [2.45, 2.75) is 59.4 Å². The number of aryl methyl sites for hydroxylation is 3. The van der Waals surface area contributed by atoms with E-state index < -0.39 is 0 Å². The lowest BCUT2D eigenvalue weighted by Crippen LogP contribution is -2.35. The number of likely N-dealkylation sites (tertiary alicyclic amines) is 1. The molecule has 0 radical (unpaired) electrons. The zero-order valence-electron chi connectivity index (χ0n) is 24.0. The molecular formula is C30H38N8O2.